The van der Waals surface area contributed by atoms with E-state index < -0.39 is 36.0 Å². The van der Waals surface area contributed by atoms with Gasteiger partial charge in [-0.3, -0.25) is 4.79 Å². The minimum absolute atomic E-state index is 0.0255. The molecule has 6 heteroatoms. The van der Waals surface area contributed by atoms with Crippen LogP contribution in [0.1, 0.15) is 68.8 Å². The molecule has 0 atom stereocenters. The van der Waals surface area contributed by atoms with E-state index in [0.29, 0.717) is 17.5 Å². The van der Waals surface area contributed by atoms with Gasteiger partial charge < -0.3 is 10.1 Å². The highest BCUT2D eigenvalue weighted by Gasteiger charge is 2.58. The largest absolute Gasteiger partial charge is 0.444 e. The first-order valence-electron chi connectivity index (χ1n) is 9.86. The summed E-state index contributed by atoms with van der Waals surface area (Å²) < 4.78 is 32.7. The van der Waals surface area contributed by atoms with Gasteiger partial charge in [-0.15, -0.1) is 0 Å². The van der Waals surface area contributed by atoms with Crippen molar-refractivity contribution in [1.82, 2.24) is 5.32 Å². The maximum Gasteiger partial charge on any atom is 0.408 e. The van der Waals surface area contributed by atoms with Gasteiger partial charge in [-0.25, -0.2) is 13.6 Å². The Morgan fingerprint density at radius 1 is 1.10 bits per heavy atom. The zero-order valence-electron chi connectivity index (χ0n) is 17.1. The maximum atomic E-state index is 13.7. The number of carbonyl (C=O) groups excluding carboxylic acids is 2. The smallest absolute Gasteiger partial charge is 0.408 e. The Hall–Kier alpha value is -2.50. The second-order valence-corrected chi connectivity index (χ2v) is 8.85. The molecule has 1 amide bonds. The van der Waals surface area contributed by atoms with Crippen LogP contribution in [0.5, 0.6) is 0 Å². The molecule has 2 aliphatic rings. The average Bonchev–Trinajstić information content (AvgIpc) is 2.59. The number of carbonyl (C=O) groups is 2. The Bertz CT molecular complexity index is 840. The quantitative estimate of drug-likeness (QED) is 0.643. The van der Waals surface area contributed by atoms with Crippen LogP contribution < -0.4 is 5.32 Å². The molecule has 29 heavy (non-hydrogen) atoms. The van der Waals surface area contributed by atoms with E-state index in [1.165, 1.54) is 0 Å². The third kappa shape index (κ3) is 5.31. The Labute approximate surface area is 170 Å². The van der Waals surface area contributed by atoms with Gasteiger partial charge in [-0.1, -0.05) is 42.5 Å². The number of ketones is 1. The first kappa shape index (κ1) is 21.2. The molecule has 0 aliphatic heterocycles. The highest BCUT2D eigenvalue weighted by atomic mass is 19.3. The Kier molecular flexibility index (Phi) is 5.65. The van der Waals surface area contributed by atoms with E-state index >= 15 is 0 Å². The predicted octanol–water partition coefficient (Wildman–Crippen LogP) is 5.68. The van der Waals surface area contributed by atoms with Gasteiger partial charge in [0.15, 0.2) is 5.78 Å². The summed E-state index contributed by atoms with van der Waals surface area (Å²) in [7, 11) is 0. The summed E-state index contributed by atoms with van der Waals surface area (Å²) in [6.07, 6.45) is 6.59. The van der Waals surface area contributed by atoms with Crippen molar-refractivity contribution in [3.63, 3.8) is 0 Å². The first-order valence-corrected chi connectivity index (χ1v) is 9.86. The van der Waals surface area contributed by atoms with E-state index in [9.17, 15) is 18.4 Å². The predicted molar refractivity (Wildman–Crippen MR) is 107 cm³/mol. The molecule has 4 nitrogen and oxygen atoms in total. The molecule has 1 fully saturated rings. The first-order chi connectivity index (χ1) is 13.5. The molecular weight excluding hydrogens is 376 g/mol. The third-order valence-electron chi connectivity index (χ3n) is 5.06. The third-order valence-corrected chi connectivity index (χ3v) is 5.06. The van der Waals surface area contributed by atoms with Crippen molar-refractivity contribution < 1.29 is 23.1 Å². The normalized spacial score (nSPS) is 19.7. The van der Waals surface area contributed by atoms with Gasteiger partial charge in [0.1, 0.15) is 5.60 Å². The highest BCUT2D eigenvalue weighted by molar-refractivity contribution is 5.97. The summed E-state index contributed by atoms with van der Waals surface area (Å²) in [6.45, 7) is 5.14. The monoisotopic (exact) mass is 403 g/mol. The number of Topliss-reactive ketones (excluding diaryl/α,β-unsaturated/α-hetero) is 1. The van der Waals surface area contributed by atoms with Crippen LogP contribution in [-0.2, 0) is 10.3 Å². The van der Waals surface area contributed by atoms with Crippen LogP contribution in [0.4, 0.5) is 13.6 Å². The Morgan fingerprint density at radius 3 is 2.28 bits per heavy atom. The maximum absolute atomic E-state index is 13.7. The SMILES string of the molecule is CC(C)(C)OC(=O)NC1(c2ccc(C(=O)CC3=CCCC=C3)cc2)CC(F)(F)C1. The van der Waals surface area contributed by atoms with Crippen molar-refractivity contribution in [2.24, 2.45) is 0 Å². The van der Waals surface area contributed by atoms with Crippen LogP contribution >= 0.6 is 0 Å². The molecule has 0 unspecified atom stereocenters. The molecule has 1 N–H and O–H groups in total. The number of benzene rings is 1. The lowest BCUT2D eigenvalue weighted by Gasteiger charge is -2.48. The van der Waals surface area contributed by atoms with Gasteiger partial charge in [0, 0.05) is 24.8 Å². The second-order valence-electron chi connectivity index (χ2n) is 8.85. The molecular formula is C23H27F2NO3. The summed E-state index contributed by atoms with van der Waals surface area (Å²) in [5, 5.41) is 2.63. The molecule has 3 rings (SSSR count). The number of ether oxygens (including phenoxy) is 1. The number of halogens is 2. The Balaban J connectivity index is 1.74. The molecule has 1 aromatic carbocycles. The number of amides is 1. The molecule has 2 aliphatic carbocycles. The molecule has 0 spiro atoms. The topological polar surface area (TPSA) is 55.4 Å². The molecule has 1 saturated carbocycles. The van der Waals surface area contributed by atoms with E-state index in [2.05, 4.69) is 17.5 Å². The molecule has 0 aromatic heterocycles. The van der Waals surface area contributed by atoms with Gasteiger partial charge in [-0.2, -0.15) is 0 Å². The average molecular weight is 403 g/mol. The fourth-order valence-corrected chi connectivity index (χ4v) is 3.76. The van der Waals surface area contributed by atoms with Crippen LogP contribution in [0.2, 0.25) is 0 Å². The fourth-order valence-electron chi connectivity index (χ4n) is 3.76. The number of hydrogen-bond donors (Lipinski definition) is 1. The van der Waals surface area contributed by atoms with Crippen LogP contribution in [0.15, 0.2) is 48.1 Å². The summed E-state index contributed by atoms with van der Waals surface area (Å²) in [5.41, 5.74) is 0.139. The van der Waals surface area contributed by atoms with Crippen molar-refractivity contribution in [1.29, 1.82) is 0 Å². The van der Waals surface area contributed by atoms with Gasteiger partial charge in [0.05, 0.1) is 5.54 Å². The highest BCUT2D eigenvalue weighted by Crippen LogP contribution is 2.51. The number of alkyl halides is 2. The zero-order chi connectivity index (χ0) is 21.3. The van der Waals surface area contributed by atoms with Crippen LogP contribution in [0.25, 0.3) is 0 Å². The van der Waals surface area contributed by atoms with Gasteiger partial charge in [0.25, 0.3) is 5.92 Å². The van der Waals surface area contributed by atoms with Crippen LogP contribution in [-0.4, -0.2) is 23.4 Å². The van der Waals surface area contributed by atoms with E-state index in [4.69, 9.17) is 4.74 Å². The van der Waals surface area contributed by atoms with E-state index in [0.717, 1.165) is 18.4 Å². The molecule has 0 heterocycles. The standard InChI is InChI=1S/C23H27F2NO3/c1-21(2,3)29-20(28)26-22(14-23(24,25)15-22)18-11-9-17(10-12-18)19(27)13-16-7-5-4-6-8-16/h5,7-12H,4,6,13-15H2,1-3H3,(H,26,28). The van der Waals surface area contributed by atoms with Crippen molar-refractivity contribution in [3.05, 3.63) is 59.2 Å². The lowest BCUT2D eigenvalue weighted by Crippen LogP contribution is -2.60. The summed E-state index contributed by atoms with van der Waals surface area (Å²) >= 11 is 0. The molecule has 1 aromatic rings. The fraction of sp³-hybridized carbons (Fsp3) is 0.478. The van der Waals surface area contributed by atoms with Gasteiger partial charge in [0.2, 0.25) is 0 Å². The lowest BCUT2D eigenvalue weighted by molar-refractivity contribution is -0.136. The van der Waals surface area contributed by atoms with Crippen molar-refractivity contribution >= 4 is 11.9 Å². The Morgan fingerprint density at radius 2 is 1.76 bits per heavy atom. The zero-order valence-corrected chi connectivity index (χ0v) is 17.1. The summed E-state index contributed by atoms with van der Waals surface area (Å²) in [4.78, 5) is 24.7. The number of rotatable bonds is 5. The number of nitrogens with one attached hydrogen (secondary N) is 1. The summed E-state index contributed by atoms with van der Waals surface area (Å²) in [6, 6.07) is 6.56. The number of allylic oxidation sites excluding steroid dienone is 4. The van der Waals surface area contributed by atoms with E-state index in [1.807, 2.05) is 6.08 Å². The van der Waals surface area contributed by atoms with Crippen LogP contribution in [0, 0.1) is 0 Å². The van der Waals surface area contributed by atoms with Crippen molar-refractivity contribution in [2.75, 3.05) is 0 Å². The minimum atomic E-state index is -2.84. The molecule has 156 valence electrons. The van der Waals surface area contributed by atoms with Gasteiger partial charge >= 0.3 is 6.09 Å². The molecule has 0 bridgehead atoms. The van der Waals surface area contributed by atoms with E-state index in [-0.39, 0.29) is 5.78 Å². The van der Waals surface area contributed by atoms with Gasteiger partial charge in [-0.05, 0) is 44.7 Å². The lowest BCUT2D eigenvalue weighted by atomic mass is 9.69. The van der Waals surface area contributed by atoms with E-state index in [1.54, 1.807) is 45.0 Å². The van der Waals surface area contributed by atoms with Crippen LogP contribution in [0.3, 0.4) is 0 Å². The number of alkyl carbamates (subject to hydrolysis) is 1. The van der Waals surface area contributed by atoms with Crippen molar-refractivity contribution in [3.8, 4) is 0 Å². The van der Waals surface area contributed by atoms with Crippen molar-refractivity contribution in [2.45, 2.75) is 69.9 Å². The minimum Gasteiger partial charge on any atom is -0.444 e. The summed E-state index contributed by atoms with van der Waals surface area (Å²) in [5.74, 6) is -2.87. The molecule has 0 saturated heterocycles. The molecule has 0 radical (unpaired) electrons. The number of hydrogen-bond acceptors (Lipinski definition) is 3. The second kappa shape index (κ2) is 7.73.